The van der Waals surface area contributed by atoms with E-state index >= 15 is 0 Å². The van der Waals surface area contributed by atoms with Crippen molar-refractivity contribution in [2.45, 2.75) is 82.6 Å². The molecule has 5 heteroatoms. The van der Waals surface area contributed by atoms with Gasteiger partial charge in [0, 0.05) is 25.4 Å². The zero-order valence-corrected chi connectivity index (χ0v) is 16.3. The number of carbonyl (C=O) groups is 1. The van der Waals surface area contributed by atoms with Gasteiger partial charge in [0.2, 0.25) is 5.79 Å². The van der Waals surface area contributed by atoms with E-state index < -0.39 is 23.3 Å². The lowest BCUT2D eigenvalue weighted by Crippen LogP contribution is -2.59. The molecule has 26 heavy (non-hydrogen) atoms. The van der Waals surface area contributed by atoms with Gasteiger partial charge in [-0.2, -0.15) is 0 Å². The number of aliphatic hydroxyl groups is 1. The summed E-state index contributed by atoms with van der Waals surface area (Å²) in [5, 5.41) is 11.7. The highest BCUT2D eigenvalue weighted by Gasteiger charge is 2.93. The monoisotopic (exact) mass is 362 g/mol. The summed E-state index contributed by atoms with van der Waals surface area (Å²) in [6, 6.07) is 0. The van der Waals surface area contributed by atoms with Gasteiger partial charge < -0.3 is 19.3 Å². The van der Waals surface area contributed by atoms with Crippen LogP contribution < -0.4 is 0 Å². The van der Waals surface area contributed by atoms with Crippen molar-refractivity contribution in [2.75, 3.05) is 7.11 Å². The van der Waals surface area contributed by atoms with Crippen LogP contribution in [0.4, 0.5) is 0 Å². The molecule has 2 bridgehead atoms. The van der Waals surface area contributed by atoms with Crippen molar-refractivity contribution in [1.82, 2.24) is 0 Å². The fourth-order valence-corrected chi connectivity index (χ4v) is 6.17. The first-order chi connectivity index (χ1) is 12.1. The third-order valence-corrected chi connectivity index (χ3v) is 7.33. The van der Waals surface area contributed by atoms with Gasteiger partial charge in [0.15, 0.2) is 23.3 Å². The molecule has 0 radical (unpaired) electrons. The van der Waals surface area contributed by atoms with Gasteiger partial charge in [-0.25, -0.2) is 0 Å². The summed E-state index contributed by atoms with van der Waals surface area (Å²) in [6.45, 7) is 10.3. The third kappa shape index (κ3) is 2.09. The summed E-state index contributed by atoms with van der Waals surface area (Å²) < 4.78 is 18.1. The molecule has 0 unspecified atom stereocenters. The second-order valence-corrected chi connectivity index (χ2v) is 9.20. The van der Waals surface area contributed by atoms with Gasteiger partial charge in [-0.05, 0) is 44.6 Å². The Balaban J connectivity index is 1.82. The molecule has 2 saturated heterocycles. The van der Waals surface area contributed by atoms with Gasteiger partial charge in [-0.1, -0.05) is 31.6 Å². The summed E-state index contributed by atoms with van der Waals surface area (Å²) in [5.74, 6) is -1.10. The standard InChI is InChI=1S/C21H30O5/c1-13-6-7-15-8-9-19-17(24-5)25-20(23,12-14(2)11-16(22)10-13)21(19,26-19)18(15,3)4/h11,15,17,23H,1,6-10,12H2,2-5H3/b14-11-/t15-,17-,19-,20-,21-/m1/s1. The SMILES string of the molecule is C=C1CC[C@@H]2CC[C@]34O[C@@]3(C2(C)C)[C@@](O)(C/C(C)=C\C(=O)C1)O[C@H]4OC. The van der Waals surface area contributed by atoms with Crippen LogP contribution in [0, 0.1) is 11.3 Å². The molecule has 0 amide bonds. The number of hydrogen-bond donors (Lipinski definition) is 1. The largest absolute Gasteiger partial charge is 0.363 e. The Morgan fingerprint density at radius 1 is 1.35 bits per heavy atom. The van der Waals surface area contributed by atoms with E-state index in [1.807, 2.05) is 6.92 Å². The van der Waals surface area contributed by atoms with E-state index in [4.69, 9.17) is 14.2 Å². The number of epoxide rings is 1. The molecule has 1 spiro atoms. The van der Waals surface area contributed by atoms with Crippen molar-refractivity contribution in [3.05, 3.63) is 23.8 Å². The summed E-state index contributed by atoms with van der Waals surface area (Å²) in [5.41, 5.74) is 0.0855. The normalized spacial score (nSPS) is 49.5. The Bertz CT molecular complexity index is 695. The Kier molecular flexibility index (Phi) is 3.89. The molecule has 1 saturated carbocycles. The number of hydrogen-bond acceptors (Lipinski definition) is 5. The number of ketones is 1. The van der Waals surface area contributed by atoms with Crippen LogP contribution in [-0.4, -0.2) is 41.3 Å². The number of fused-ring (bicyclic) bond motifs is 1. The van der Waals surface area contributed by atoms with E-state index in [9.17, 15) is 9.90 Å². The smallest absolute Gasteiger partial charge is 0.205 e. The van der Waals surface area contributed by atoms with Crippen molar-refractivity contribution in [2.24, 2.45) is 11.3 Å². The summed E-state index contributed by atoms with van der Waals surface area (Å²) in [4.78, 5) is 12.3. The number of methoxy groups -OCH3 is 1. The summed E-state index contributed by atoms with van der Waals surface area (Å²) in [6.07, 6.45) is 5.21. The highest BCUT2D eigenvalue weighted by Crippen LogP contribution is 2.77. The van der Waals surface area contributed by atoms with Gasteiger partial charge in [0.05, 0.1) is 0 Å². The molecule has 2 heterocycles. The maximum Gasteiger partial charge on any atom is 0.205 e. The molecule has 5 nitrogen and oxygen atoms in total. The zero-order valence-electron chi connectivity index (χ0n) is 16.3. The Labute approximate surface area is 155 Å². The van der Waals surface area contributed by atoms with E-state index in [-0.39, 0.29) is 17.6 Å². The minimum Gasteiger partial charge on any atom is -0.363 e. The van der Waals surface area contributed by atoms with Crippen molar-refractivity contribution in [3.8, 4) is 0 Å². The number of rotatable bonds is 1. The van der Waals surface area contributed by atoms with Gasteiger partial charge in [-0.3, -0.25) is 4.79 Å². The highest BCUT2D eigenvalue weighted by molar-refractivity contribution is 5.91. The van der Waals surface area contributed by atoms with Crippen LogP contribution in [0.5, 0.6) is 0 Å². The molecule has 0 aromatic rings. The Morgan fingerprint density at radius 2 is 2.08 bits per heavy atom. The molecule has 2 aliphatic heterocycles. The zero-order chi connectivity index (χ0) is 19.0. The molecule has 2 aliphatic carbocycles. The lowest BCUT2D eigenvalue weighted by Gasteiger charge is -2.47. The molecular formula is C21H30O5. The minimum absolute atomic E-state index is 0.0304. The predicted molar refractivity (Wildman–Crippen MR) is 96.3 cm³/mol. The molecule has 0 aromatic heterocycles. The van der Waals surface area contributed by atoms with Crippen LogP contribution >= 0.6 is 0 Å². The first-order valence-electron chi connectivity index (χ1n) is 9.62. The molecular weight excluding hydrogens is 332 g/mol. The average Bonchev–Trinajstić information content (AvgIpc) is 3.19. The van der Waals surface area contributed by atoms with Gasteiger partial charge in [-0.15, -0.1) is 0 Å². The quantitative estimate of drug-likeness (QED) is 0.573. The maximum absolute atomic E-state index is 12.3. The highest BCUT2D eigenvalue weighted by atomic mass is 16.8. The van der Waals surface area contributed by atoms with E-state index in [1.165, 1.54) is 0 Å². The van der Waals surface area contributed by atoms with Gasteiger partial charge >= 0.3 is 0 Å². The second-order valence-electron chi connectivity index (χ2n) is 9.20. The topological polar surface area (TPSA) is 68.3 Å². The fraction of sp³-hybridized carbons (Fsp3) is 0.762. The number of carbonyl (C=O) groups excluding carboxylic acids is 1. The van der Waals surface area contributed by atoms with E-state index in [0.29, 0.717) is 12.3 Å². The first kappa shape index (κ1) is 18.4. The Hall–Kier alpha value is -1.01. The van der Waals surface area contributed by atoms with Crippen molar-refractivity contribution < 1.29 is 24.1 Å². The molecule has 5 atom stereocenters. The average molecular weight is 362 g/mol. The molecule has 3 fully saturated rings. The maximum atomic E-state index is 12.3. The molecule has 144 valence electrons. The fourth-order valence-electron chi connectivity index (χ4n) is 6.17. The molecule has 0 aromatic carbocycles. The first-order valence-corrected chi connectivity index (χ1v) is 9.62. The van der Waals surface area contributed by atoms with Crippen LogP contribution in [0.25, 0.3) is 0 Å². The van der Waals surface area contributed by atoms with Gasteiger partial charge in [0.1, 0.15) is 0 Å². The third-order valence-electron chi connectivity index (χ3n) is 7.33. The second kappa shape index (κ2) is 5.51. The van der Waals surface area contributed by atoms with Crippen LogP contribution in [-0.2, 0) is 19.0 Å². The van der Waals surface area contributed by atoms with Crippen molar-refractivity contribution >= 4 is 5.78 Å². The van der Waals surface area contributed by atoms with Crippen LogP contribution in [0.3, 0.4) is 0 Å². The van der Waals surface area contributed by atoms with Crippen molar-refractivity contribution in [1.29, 1.82) is 0 Å². The van der Waals surface area contributed by atoms with E-state index in [1.54, 1.807) is 13.2 Å². The summed E-state index contributed by atoms with van der Waals surface area (Å²) in [7, 11) is 1.60. The predicted octanol–water partition coefficient (Wildman–Crippen LogP) is 3.27. The Morgan fingerprint density at radius 3 is 2.77 bits per heavy atom. The lowest BCUT2D eigenvalue weighted by atomic mass is 9.54. The molecule has 4 aliphatic rings. The number of ether oxygens (including phenoxy) is 3. The van der Waals surface area contributed by atoms with Crippen molar-refractivity contribution in [3.63, 3.8) is 0 Å². The minimum atomic E-state index is -1.49. The van der Waals surface area contributed by atoms with E-state index in [2.05, 4.69) is 20.4 Å². The summed E-state index contributed by atoms with van der Waals surface area (Å²) >= 11 is 0. The van der Waals surface area contributed by atoms with Crippen LogP contribution in [0.2, 0.25) is 0 Å². The van der Waals surface area contributed by atoms with Crippen LogP contribution in [0.1, 0.15) is 59.3 Å². The number of allylic oxidation sites excluding steroid dienone is 2. The van der Waals surface area contributed by atoms with E-state index in [0.717, 1.165) is 36.8 Å². The molecule has 1 N–H and O–H groups in total. The van der Waals surface area contributed by atoms with Crippen LogP contribution in [0.15, 0.2) is 23.8 Å². The van der Waals surface area contributed by atoms with Gasteiger partial charge in [0.25, 0.3) is 0 Å². The molecule has 4 rings (SSSR count). The lowest BCUT2D eigenvalue weighted by molar-refractivity contribution is -0.312.